The SMILES string of the molecule is NC(=O)c1ccsc1S(=O)(=O)NC1(C(F)(F)F)CC1. The van der Waals surface area contributed by atoms with Crippen molar-refractivity contribution in [3.8, 4) is 0 Å². The number of amides is 1. The van der Waals surface area contributed by atoms with E-state index in [2.05, 4.69) is 0 Å². The van der Waals surface area contributed by atoms with Crippen LogP contribution in [0.2, 0.25) is 0 Å². The van der Waals surface area contributed by atoms with E-state index in [9.17, 15) is 26.4 Å². The van der Waals surface area contributed by atoms with Crippen LogP contribution >= 0.6 is 11.3 Å². The Morgan fingerprint density at radius 1 is 1.42 bits per heavy atom. The molecular formula is C9H9F3N2O3S2. The fourth-order valence-corrected chi connectivity index (χ4v) is 4.36. The second-order valence-electron chi connectivity index (χ2n) is 4.17. The van der Waals surface area contributed by atoms with Crippen LogP contribution in [0.5, 0.6) is 0 Å². The number of nitrogens with two attached hydrogens (primary N) is 1. The first-order valence-electron chi connectivity index (χ1n) is 5.07. The molecule has 0 radical (unpaired) electrons. The number of sulfonamides is 1. The monoisotopic (exact) mass is 314 g/mol. The van der Waals surface area contributed by atoms with E-state index in [4.69, 9.17) is 5.73 Å². The molecule has 0 bridgehead atoms. The molecule has 1 fully saturated rings. The summed E-state index contributed by atoms with van der Waals surface area (Å²) in [6, 6.07) is 1.16. The number of hydrogen-bond donors (Lipinski definition) is 2. The fraction of sp³-hybridized carbons (Fsp3) is 0.444. The molecule has 0 aromatic carbocycles. The molecule has 19 heavy (non-hydrogen) atoms. The fourth-order valence-electron chi connectivity index (χ4n) is 1.56. The van der Waals surface area contributed by atoms with Gasteiger partial charge >= 0.3 is 6.18 Å². The number of alkyl halides is 3. The molecule has 0 spiro atoms. The average molecular weight is 314 g/mol. The highest BCUT2D eigenvalue weighted by Crippen LogP contribution is 2.50. The molecule has 0 saturated heterocycles. The molecule has 1 aliphatic rings. The van der Waals surface area contributed by atoms with Crippen LogP contribution < -0.4 is 10.5 Å². The van der Waals surface area contributed by atoms with Gasteiger partial charge in [0.15, 0.2) is 0 Å². The predicted octanol–water partition coefficient (Wildman–Crippen LogP) is 1.22. The van der Waals surface area contributed by atoms with Crippen LogP contribution in [0, 0.1) is 0 Å². The number of carbonyl (C=O) groups excluding carboxylic acids is 1. The Bertz CT molecular complexity index is 617. The molecule has 0 unspecified atom stereocenters. The van der Waals surface area contributed by atoms with Crippen LogP contribution in [0.25, 0.3) is 0 Å². The molecule has 1 aromatic heterocycles. The zero-order valence-electron chi connectivity index (χ0n) is 9.32. The van der Waals surface area contributed by atoms with Crippen molar-refractivity contribution < 1.29 is 26.4 Å². The minimum Gasteiger partial charge on any atom is -0.366 e. The normalized spacial score (nSPS) is 18.3. The van der Waals surface area contributed by atoms with Crippen molar-refractivity contribution in [2.45, 2.75) is 28.8 Å². The molecule has 1 saturated carbocycles. The number of hydrogen-bond acceptors (Lipinski definition) is 4. The van der Waals surface area contributed by atoms with Gasteiger partial charge in [0.25, 0.3) is 15.9 Å². The van der Waals surface area contributed by atoms with E-state index in [0.717, 1.165) is 6.07 Å². The topological polar surface area (TPSA) is 89.3 Å². The van der Waals surface area contributed by atoms with Gasteiger partial charge in [-0.25, -0.2) is 8.42 Å². The van der Waals surface area contributed by atoms with Crippen molar-refractivity contribution in [1.29, 1.82) is 0 Å². The molecule has 1 amide bonds. The third kappa shape index (κ3) is 2.47. The van der Waals surface area contributed by atoms with Crippen LogP contribution in [0.15, 0.2) is 15.7 Å². The van der Waals surface area contributed by atoms with Crippen molar-refractivity contribution >= 4 is 27.3 Å². The second-order valence-corrected chi connectivity index (χ2v) is 6.97. The first kappa shape index (κ1) is 14.3. The summed E-state index contributed by atoms with van der Waals surface area (Å²) in [5.41, 5.74) is 2.25. The summed E-state index contributed by atoms with van der Waals surface area (Å²) in [6.45, 7) is 0. The summed E-state index contributed by atoms with van der Waals surface area (Å²) >= 11 is 0.645. The van der Waals surface area contributed by atoms with Gasteiger partial charge in [0.1, 0.15) is 9.75 Å². The van der Waals surface area contributed by atoms with Gasteiger partial charge in [-0.05, 0) is 24.3 Å². The van der Waals surface area contributed by atoms with Gasteiger partial charge in [-0.2, -0.15) is 17.9 Å². The maximum absolute atomic E-state index is 12.7. The van der Waals surface area contributed by atoms with Gasteiger partial charge in [0.05, 0.1) is 5.56 Å². The van der Waals surface area contributed by atoms with Crippen LogP contribution in [-0.4, -0.2) is 26.0 Å². The number of rotatable bonds is 4. The lowest BCUT2D eigenvalue weighted by Crippen LogP contribution is -2.47. The average Bonchev–Trinajstić information content (AvgIpc) is 2.85. The molecule has 5 nitrogen and oxygen atoms in total. The molecule has 1 aromatic rings. The van der Waals surface area contributed by atoms with E-state index in [1.54, 1.807) is 4.72 Å². The Balaban J connectivity index is 2.35. The minimum absolute atomic E-state index is 0.310. The highest BCUT2D eigenvalue weighted by Gasteiger charge is 2.65. The zero-order valence-corrected chi connectivity index (χ0v) is 11.0. The lowest BCUT2D eigenvalue weighted by Gasteiger charge is -2.20. The molecule has 10 heteroatoms. The Morgan fingerprint density at radius 3 is 2.42 bits per heavy atom. The maximum Gasteiger partial charge on any atom is 0.407 e. The van der Waals surface area contributed by atoms with Crippen LogP contribution in [-0.2, 0) is 10.0 Å². The molecule has 1 heterocycles. The van der Waals surface area contributed by atoms with E-state index >= 15 is 0 Å². The molecule has 2 rings (SSSR count). The summed E-state index contributed by atoms with van der Waals surface area (Å²) in [5, 5.41) is 1.28. The van der Waals surface area contributed by atoms with Crippen molar-refractivity contribution in [1.82, 2.24) is 4.72 Å². The van der Waals surface area contributed by atoms with E-state index in [0.29, 0.717) is 11.3 Å². The Labute approximate surface area is 110 Å². The first-order valence-corrected chi connectivity index (χ1v) is 7.43. The lowest BCUT2D eigenvalue weighted by atomic mass is 10.3. The summed E-state index contributed by atoms with van der Waals surface area (Å²) in [6.07, 6.45) is -5.29. The third-order valence-electron chi connectivity index (χ3n) is 2.76. The highest BCUT2D eigenvalue weighted by atomic mass is 32.2. The summed E-state index contributed by atoms with van der Waals surface area (Å²) in [4.78, 5) is 11.0. The first-order chi connectivity index (χ1) is 8.59. The van der Waals surface area contributed by atoms with Gasteiger partial charge in [-0.3, -0.25) is 4.79 Å². The van der Waals surface area contributed by atoms with E-state index < -0.39 is 31.9 Å². The summed E-state index contributed by atoms with van der Waals surface area (Å²) in [5.74, 6) is -1.00. The molecule has 3 N–H and O–H groups in total. The van der Waals surface area contributed by atoms with Crippen LogP contribution in [0.1, 0.15) is 23.2 Å². The Kier molecular flexibility index (Phi) is 3.14. The van der Waals surface area contributed by atoms with Crippen molar-refractivity contribution in [3.05, 3.63) is 17.0 Å². The van der Waals surface area contributed by atoms with Gasteiger partial charge in [0.2, 0.25) is 0 Å². The highest BCUT2D eigenvalue weighted by molar-refractivity contribution is 7.91. The van der Waals surface area contributed by atoms with Crippen molar-refractivity contribution in [3.63, 3.8) is 0 Å². The Morgan fingerprint density at radius 2 is 2.00 bits per heavy atom. The predicted molar refractivity (Wildman–Crippen MR) is 61.2 cm³/mol. The minimum atomic E-state index is -4.66. The van der Waals surface area contributed by atoms with Crippen molar-refractivity contribution in [2.75, 3.05) is 0 Å². The standard InChI is InChI=1S/C9H9F3N2O3S2/c10-9(11,12)8(2-3-8)14-19(16,17)7-5(6(13)15)1-4-18-7/h1,4,14H,2-3H2,(H2,13,15). The molecule has 0 atom stereocenters. The van der Waals surface area contributed by atoms with Gasteiger partial charge in [0, 0.05) is 0 Å². The second kappa shape index (κ2) is 4.18. The van der Waals surface area contributed by atoms with E-state index in [-0.39, 0.29) is 18.4 Å². The molecule has 0 aliphatic heterocycles. The number of carbonyl (C=O) groups is 1. The van der Waals surface area contributed by atoms with Gasteiger partial charge in [-0.1, -0.05) is 0 Å². The van der Waals surface area contributed by atoms with E-state index in [1.807, 2.05) is 0 Å². The number of thiophene rings is 1. The number of nitrogens with one attached hydrogen (secondary N) is 1. The molecule has 1 aliphatic carbocycles. The lowest BCUT2D eigenvalue weighted by molar-refractivity contribution is -0.160. The van der Waals surface area contributed by atoms with Crippen LogP contribution in [0.3, 0.4) is 0 Å². The number of primary amides is 1. The molecular weight excluding hydrogens is 305 g/mol. The third-order valence-corrected chi connectivity index (χ3v) is 5.78. The maximum atomic E-state index is 12.7. The molecule has 106 valence electrons. The van der Waals surface area contributed by atoms with Gasteiger partial charge < -0.3 is 5.73 Å². The van der Waals surface area contributed by atoms with Gasteiger partial charge in [-0.15, -0.1) is 11.3 Å². The summed E-state index contributed by atoms with van der Waals surface area (Å²) < 4.78 is 63.1. The largest absolute Gasteiger partial charge is 0.407 e. The quantitative estimate of drug-likeness (QED) is 0.875. The Hall–Kier alpha value is -1.13. The number of halogens is 3. The smallest absolute Gasteiger partial charge is 0.366 e. The van der Waals surface area contributed by atoms with Crippen molar-refractivity contribution in [2.24, 2.45) is 5.73 Å². The zero-order chi connectivity index (χ0) is 14.5. The van der Waals surface area contributed by atoms with E-state index in [1.165, 1.54) is 5.38 Å². The van der Waals surface area contributed by atoms with Crippen LogP contribution in [0.4, 0.5) is 13.2 Å². The summed E-state index contributed by atoms with van der Waals surface area (Å²) in [7, 11) is -4.42.